The summed E-state index contributed by atoms with van der Waals surface area (Å²) in [6.07, 6.45) is 17.6. The van der Waals surface area contributed by atoms with Gasteiger partial charge < -0.3 is 14.9 Å². The quantitative estimate of drug-likeness (QED) is 0.231. The lowest BCUT2D eigenvalue weighted by Gasteiger charge is -2.05. The number of aliphatic hydroxyl groups excluding tert-OH is 2. The molecule has 0 saturated heterocycles. The Balaban J connectivity index is 3.34. The molecule has 1 atom stereocenters. The lowest BCUT2D eigenvalue weighted by atomic mass is 10.1. The molecule has 4 nitrogen and oxygen atoms in total. The van der Waals surface area contributed by atoms with Gasteiger partial charge in [-0.15, -0.1) is 0 Å². The molecule has 0 heterocycles. The second kappa shape index (κ2) is 18.5. The number of aliphatic hydroxyl groups is 2. The molecule has 24 heavy (non-hydrogen) atoms. The molecule has 0 aliphatic rings. The molecule has 0 rings (SSSR count). The van der Waals surface area contributed by atoms with Crippen molar-refractivity contribution in [3.8, 4) is 0 Å². The topological polar surface area (TPSA) is 66.8 Å². The Morgan fingerprint density at radius 3 is 2.42 bits per heavy atom. The van der Waals surface area contributed by atoms with E-state index in [1.54, 1.807) is 0 Å². The van der Waals surface area contributed by atoms with Crippen molar-refractivity contribution >= 4 is 5.97 Å². The summed E-state index contributed by atoms with van der Waals surface area (Å²) in [5, 5.41) is 18.4. The molecule has 0 saturated carbocycles. The summed E-state index contributed by atoms with van der Waals surface area (Å²) in [7, 11) is 0. The predicted octanol–water partition coefficient (Wildman–Crippen LogP) is 4.53. The molecule has 142 valence electrons. The molecular weight excluding hydrogens is 304 g/mol. The summed E-state index contributed by atoms with van der Waals surface area (Å²) in [4.78, 5) is 11.2. The van der Waals surface area contributed by atoms with Gasteiger partial charge >= 0.3 is 5.97 Å². The van der Waals surface area contributed by atoms with Crippen LogP contribution >= 0.6 is 0 Å². The number of unbranched alkanes of at least 4 members (excludes halogenated alkanes) is 9. The molecular formula is C20H38O4. The first-order chi connectivity index (χ1) is 11.7. The van der Waals surface area contributed by atoms with Crippen LogP contribution in [0, 0.1) is 0 Å². The van der Waals surface area contributed by atoms with E-state index in [2.05, 4.69) is 13.0 Å². The maximum atomic E-state index is 11.2. The second-order valence-corrected chi connectivity index (χ2v) is 6.45. The predicted molar refractivity (Wildman–Crippen MR) is 98.9 cm³/mol. The van der Waals surface area contributed by atoms with Gasteiger partial charge in [-0.1, -0.05) is 70.4 Å². The van der Waals surface area contributed by atoms with Crippen molar-refractivity contribution in [2.75, 3.05) is 13.2 Å². The number of carbonyl (C=O) groups excluding carboxylic acids is 1. The Labute approximate surface area is 148 Å². The van der Waals surface area contributed by atoms with Gasteiger partial charge in [0.25, 0.3) is 0 Å². The smallest absolute Gasteiger partial charge is 0.305 e. The van der Waals surface area contributed by atoms with E-state index in [0.717, 1.165) is 44.9 Å². The molecule has 0 spiro atoms. The van der Waals surface area contributed by atoms with Crippen molar-refractivity contribution in [3.63, 3.8) is 0 Å². The van der Waals surface area contributed by atoms with Crippen LogP contribution in [0.1, 0.15) is 90.4 Å². The fraction of sp³-hybridized carbons (Fsp3) is 0.850. The van der Waals surface area contributed by atoms with Crippen LogP contribution in [0.3, 0.4) is 0 Å². The molecule has 0 aromatic rings. The summed E-state index contributed by atoms with van der Waals surface area (Å²) < 4.78 is 4.79. The molecule has 0 aromatic heterocycles. The molecule has 0 radical (unpaired) electrons. The third-order valence-corrected chi connectivity index (χ3v) is 4.07. The van der Waals surface area contributed by atoms with Gasteiger partial charge in [-0.2, -0.15) is 0 Å². The average molecular weight is 343 g/mol. The highest BCUT2D eigenvalue weighted by Gasteiger charge is 2.01. The maximum Gasteiger partial charge on any atom is 0.305 e. The van der Waals surface area contributed by atoms with Crippen LogP contribution in [0.4, 0.5) is 0 Å². The van der Waals surface area contributed by atoms with E-state index >= 15 is 0 Å². The normalized spacial score (nSPS) is 12.6. The molecule has 0 bridgehead atoms. The highest BCUT2D eigenvalue weighted by Crippen LogP contribution is 2.10. The summed E-state index contributed by atoms with van der Waals surface area (Å²) in [5.41, 5.74) is 0. The Bertz CT molecular complexity index is 302. The SMILES string of the molecule is CCCCCCCCC(O)/C=C/CCCCCCC(=O)OCCO. The fourth-order valence-electron chi connectivity index (χ4n) is 2.60. The van der Waals surface area contributed by atoms with Gasteiger partial charge in [-0.3, -0.25) is 4.79 Å². The number of allylic oxidation sites excluding steroid dienone is 1. The standard InChI is InChI=1S/C20H38O4/c1-2-3-4-5-8-11-14-19(22)15-12-9-6-7-10-13-16-20(23)24-18-17-21/h12,15,19,21-22H,2-11,13-14,16-18H2,1H3/b15-12+. The van der Waals surface area contributed by atoms with Crippen LogP contribution in [0.15, 0.2) is 12.2 Å². The number of ether oxygens (including phenoxy) is 1. The lowest BCUT2D eigenvalue weighted by molar-refractivity contribution is -0.144. The van der Waals surface area contributed by atoms with Gasteiger partial charge in [0.1, 0.15) is 6.61 Å². The number of esters is 1. The highest BCUT2D eigenvalue weighted by molar-refractivity contribution is 5.69. The van der Waals surface area contributed by atoms with Gasteiger partial charge in [0, 0.05) is 6.42 Å². The van der Waals surface area contributed by atoms with Crippen LogP contribution in [0.25, 0.3) is 0 Å². The Hall–Kier alpha value is -0.870. The van der Waals surface area contributed by atoms with E-state index in [1.807, 2.05) is 6.08 Å². The Kier molecular flexibility index (Phi) is 17.8. The van der Waals surface area contributed by atoms with E-state index in [1.165, 1.54) is 32.1 Å². The molecule has 0 aliphatic carbocycles. The largest absolute Gasteiger partial charge is 0.463 e. The lowest BCUT2D eigenvalue weighted by Crippen LogP contribution is -2.07. The molecule has 4 heteroatoms. The Morgan fingerprint density at radius 2 is 1.67 bits per heavy atom. The zero-order valence-electron chi connectivity index (χ0n) is 15.5. The van der Waals surface area contributed by atoms with Crippen LogP contribution in [-0.4, -0.2) is 35.5 Å². The first-order valence-corrected chi connectivity index (χ1v) is 9.82. The van der Waals surface area contributed by atoms with Crippen molar-refractivity contribution in [3.05, 3.63) is 12.2 Å². The first kappa shape index (κ1) is 23.1. The maximum absolute atomic E-state index is 11.2. The number of hydrogen-bond donors (Lipinski definition) is 2. The van der Waals surface area contributed by atoms with E-state index in [9.17, 15) is 9.90 Å². The van der Waals surface area contributed by atoms with Gasteiger partial charge in [-0.25, -0.2) is 0 Å². The minimum atomic E-state index is -0.294. The number of hydrogen-bond acceptors (Lipinski definition) is 4. The molecule has 2 N–H and O–H groups in total. The van der Waals surface area contributed by atoms with Crippen molar-refractivity contribution in [2.45, 2.75) is 96.5 Å². The van der Waals surface area contributed by atoms with Gasteiger partial charge in [-0.05, 0) is 25.7 Å². The number of carbonyl (C=O) groups is 1. The zero-order valence-corrected chi connectivity index (χ0v) is 15.5. The van der Waals surface area contributed by atoms with E-state index < -0.39 is 0 Å². The minimum Gasteiger partial charge on any atom is -0.463 e. The van der Waals surface area contributed by atoms with Crippen LogP contribution < -0.4 is 0 Å². The third-order valence-electron chi connectivity index (χ3n) is 4.07. The fourth-order valence-corrected chi connectivity index (χ4v) is 2.60. The zero-order chi connectivity index (χ0) is 17.9. The third kappa shape index (κ3) is 17.5. The molecule has 1 unspecified atom stereocenters. The average Bonchev–Trinajstić information content (AvgIpc) is 2.58. The van der Waals surface area contributed by atoms with Gasteiger partial charge in [0.2, 0.25) is 0 Å². The Morgan fingerprint density at radius 1 is 1.00 bits per heavy atom. The summed E-state index contributed by atoms with van der Waals surface area (Å²) in [6.45, 7) is 2.22. The summed E-state index contributed by atoms with van der Waals surface area (Å²) >= 11 is 0. The van der Waals surface area contributed by atoms with Gasteiger partial charge in [0.05, 0.1) is 12.7 Å². The molecule has 0 fully saturated rings. The van der Waals surface area contributed by atoms with Crippen molar-refractivity contribution < 1.29 is 19.7 Å². The van der Waals surface area contributed by atoms with E-state index in [0.29, 0.717) is 6.42 Å². The van der Waals surface area contributed by atoms with Crippen LogP contribution in [0.5, 0.6) is 0 Å². The van der Waals surface area contributed by atoms with E-state index in [4.69, 9.17) is 9.84 Å². The van der Waals surface area contributed by atoms with Crippen molar-refractivity contribution in [1.82, 2.24) is 0 Å². The molecule has 0 aliphatic heterocycles. The summed E-state index contributed by atoms with van der Waals surface area (Å²) in [6, 6.07) is 0. The summed E-state index contributed by atoms with van der Waals surface area (Å²) in [5.74, 6) is -0.221. The molecule has 0 aromatic carbocycles. The van der Waals surface area contributed by atoms with Crippen LogP contribution in [0.2, 0.25) is 0 Å². The second-order valence-electron chi connectivity index (χ2n) is 6.45. The minimum absolute atomic E-state index is 0.102. The van der Waals surface area contributed by atoms with Crippen LogP contribution in [-0.2, 0) is 9.53 Å². The van der Waals surface area contributed by atoms with E-state index in [-0.39, 0.29) is 25.3 Å². The number of rotatable bonds is 17. The molecule has 0 amide bonds. The highest BCUT2D eigenvalue weighted by atomic mass is 16.5. The van der Waals surface area contributed by atoms with Crippen molar-refractivity contribution in [1.29, 1.82) is 0 Å². The monoisotopic (exact) mass is 342 g/mol. The van der Waals surface area contributed by atoms with Crippen molar-refractivity contribution in [2.24, 2.45) is 0 Å². The van der Waals surface area contributed by atoms with Gasteiger partial charge in [0.15, 0.2) is 0 Å². The first-order valence-electron chi connectivity index (χ1n) is 9.82.